The van der Waals surface area contributed by atoms with E-state index in [1.165, 1.54) is 12.8 Å². The molecule has 0 radical (unpaired) electrons. The molecule has 1 aromatic heterocycles. The fourth-order valence-electron chi connectivity index (χ4n) is 1.66. The zero-order valence-electron chi connectivity index (χ0n) is 11.4. The van der Waals surface area contributed by atoms with Crippen LogP contribution in [0.15, 0.2) is 18.2 Å². The first-order chi connectivity index (χ1) is 8.44. The molecule has 0 aromatic carbocycles. The minimum atomic E-state index is -0.565. The van der Waals surface area contributed by atoms with Gasteiger partial charge in [0, 0.05) is 18.1 Å². The smallest absolute Gasteiger partial charge is 0.126 e. The third-order valence-electron chi connectivity index (χ3n) is 2.87. The highest BCUT2D eigenvalue weighted by molar-refractivity contribution is 5.38. The van der Waals surface area contributed by atoms with Gasteiger partial charge >= 0.3 is 0 Å². The van der Waals surface area contributed by atoms with Gasteiger partial charge in [0.25, 0.3) is 0 Å². The maximum atomic E-state index is 10.1. The van der Waals surface area contributed by atoms with E-state index in [2.05, 4.69) is 36.4 Å². The molecule has 2 rings (SSSR count). The number of anilines is 1. The van der Waals surface area contributed by atoms with Crippen LogP contribution < -0.4 is 10.6 Å². The van der Waals surface area contributed by atoms with Crippen molar-refractivity contribution in [3.05, 3.63) is 23.9 Å². The largest absolute Gasteiger partial charge is 0.385 e. The first-order valence-electron chi connectivity index (χ1n) is 6.61. The van der Waals surface area contributed by atoms with Crippen LogP contribution >= 0.6 is 0 Å². The van der Waals surface area contributed by atoms with Gasteiger partial charge in [0.1, 0.15) is 11.9 Å². The van der Waals surface area contributed by atoms with E-state index in [0.29, 0.717) is 12.6 Å². The lowest BCUT2D eigenvalue weighted by molar-refractivity contribution is 0.159. The molecule has 0 aliphatic heterocycles. The van der Waals surface area contributed by atoms with Gasteiger partial charge in [-0.3, -0.25) is 0 Å². The molecule has 1 aliphatic rings. The number of aliphatic hydroxyl groups is 1. The normalized spacial score (nSPS) is 17.6. The van der Waals surface area contributed by atoms with Crippen molar-refractivity contribution in [3.8, 4) is 0 Å². The molecule has 100 valence electrons. The molecule has 1 fully saturated rings. The van der Waals surface area contributed by atoms with Crippen molar-refractivity contribution in [2.45, 2.75) is 51.3 Å². The molecule has 0 unspecified atom stereocenters. The van der Waals surface area contributed by atoms with Gasteiger partial charge in [-0.2, -0.15) is 0 Å². The minimum Gasteiger partial charge on any atom is -0.385 e. The van der Waals surface area contributed by atoms with Gasteiger partial charge < -0.3 is 15.7 Å². The Bertz CT molecular complexity index is 396. The maximum absolute atomic E-state index is 10.1. The highest BCUT2D eigenvalue weighted by atomic mass is 16.3. The second-order valence-corrected chi connectivity index (χ2v) is 6.01. The van der Waals surface area contributed by atoms with Gasteiger partial charge in [-0.25, -0.2) is 4.98 Å². The Balaban J connectivity index is 1.93. The molecular formula is C14H23N3O. The summed E-state index contributed by atoms with van der Waals surface area (Å²) in [5.41, 5.74) is 0.725. The monoisotopic (exact) mass is 249 g/mol. The van der Waals surface area contributed by atoms with E-state index in [1.54, 1.807) is 0 Å². The van der Waals surface area contributed by atoms with Crippen LogP contribution in [0.25, 0.3) is 0 Å². The predicted octanol–water partition coefficient (Wildman–Crippen LogP) is 2.08. The van der Waals surface area contributed by atoms with Crippen molar-refractivity contribution < 1.29 is 5.11 Å². The molecule has 18 heavy (non-hydrogen) atoms. The quantitative estimate of drug-likeness (QED) is 0.748. The van der Waals surface area contributed by atoms with Crippen LogP contribution in [0, 0.1) is 0 Å². The van der Waals surface area contributed by atoms with Crippen molar-refractivity contribution in [1.29, 1.82) is 0 Å². The number of hydrogen-bond acceptors (Lipinski definition) is 4. The van der Waals surface area contributed by atoms with E-state index < -0.39 is 6.10 Å². The first-order valence-corrected chi connectivity index (χ1v) is 6.61. The number of nitrogens with zero attached hydrogens (tertiary/aromatic N) is 1. The Morgan fingerprint density at radius 1 is 1.39 bits per heavy atom. The van der Waals surface area contributed by atoms with E-state index in [0.717, 1.165) is 11.5 Å². The summed E-state index contributed by atoms with van der Waals surface area (Å²) >= 11 is 0. The zero-order valence-corrected chi connectivity index (χ0v) is 11.4. The molecule has 1 heterocycles. The van der Waals surface area contributed by atoms with Crippen LogP contribution in [0.1, 0.15) is 45.4 Å². The molecule has 1 aromatic rings. The summed E-state index contributed by atoms with van der Waals surface area (Å²) in [6, 6.07) is 6.34. The fourth-order valence-corrected chi connectivity index (χ4v) is 1.66. The van der Waals surface area contributed by atoms with Gasteiger partial charge in [0.05, 0.1) is 5.69 Å². The summed E-state index contributed by atoms with van der Waals surface area (Å²) in [6.45, 7) is 6.76. The number of hydrogen-bond donors (Lipinski definition) is 3. The summed E-state index contributed by atoms with van der Waals surface area (Å²) in [5, 5.41) is 16.7. The average molecular weight is 249 g/mol. The Morgan fingerprint density at radius 2 is 2.11 bits per heavy atom. The standard InChI is InChI=1S/C14H23N3O/c1-14(2,3)15-9-12(18)11-5-4-6-13(17-11)16-10-7-8-10/h4-6,10,12,15,18H,7-9H2,1-3H3,(H,16,17)/t12-/m1/s1. The zero-order chi connectivity index (χ0) is 13.2. The third-order valence-corrected chi connectivity index (χ3v) is 2.87. The van der Waals surface area contributed by atoms with E-state index in [-0.39, 0.29) is 5.54 Å². The van der Waals surface area contributed by atoms with Crippen LogP contribution in [-0.2, 0) is 0 Å². The Kier molecular flexibility index (Phi) is 3.88. The maximum Gasteiger partial charge on any atom is 0.126 e. The lowest BCUT2D eigenvalue weighted by Gasteiger charge is -2.22. The summed E-state index contributed by atoms with van der Waals surface area (Å²) in [4.78, 5) is 4.45. The molecule has 1 aliphatic carbocycles. The highest BCUT2D eigenvalue weighted by Gasteiger charge is 2.21. The van der Waals surface area contributed by atoms with Crippen LogP contribution in [0.4, 0.5) is 5.82 Å². The number of aliphatic hydroxyl groups excluding tert-OH is 1. The molecule has 1 saturated carbocycles. The van der Waals surface area contributed by atoms with Gasteiger partial charge in [-0.15, -0.1) is 0 Å². The number of aromatic nitrogens is 1. The van der Waals surface area contributed by atoms with E-state index in [9.17, 15) is 5.11 Å². The van der Waals surface area contributed by atoms with E-state index in [1.807, 2.05) is 18.2 Å². The van der Waals surface area contributed by atoms with Crippen LogP contribution in [0.3, 0.4) is 0 Å². The molecule has 0 spiro atoms. The SMILES string of the molecule is CC(C)(C)NC[C@@H](O)c1cccc(NC2CC2)n1. The van der Waals surface area contributed by atoms with Crippen molar-refractivity contribution in [2.75, 3.05) is 11.9 Å². The molecule has 0 amide bonds. The summed E-state index contributed by atoms with van der Waals surface area (Å²) in [6.07, 6.45) is 1.88. The second-order valence-electron chi connectivity index (χ2n) is 6.01. The summed E-state index contributed by atoms with van der Waals surface area (Å²) < 4.78 is 0. The molecule has 4 heteroatoms. The van der Waals surface area contributed by atoms with Crippen molar-refractivity contribution in [1.82, 2.24) is 10.3 Å². The molecule has 4 nitrogen and oxygen atoms in total. The van der Waals surface area contributed by atoms with Gasteiger partial charge in [0.15, 0.2) is 0 Å². The molecule has 3 N–H and O–H groups in total. The number of pyridine rings is 1. The fraction of sp³-hybridized carbons (Fsp3) is 0.643. The lowest BCUT2D eigenvalue weighted by atomic mass is 10.1. The molecule has 0 saturated heterocycles. The van der Waals surface area contributed by atoms with Gasteiger partial charge in [-0.05, 0) is 45.7 Å². The van der Waals surface area contributed by atoms with Crippen LogP contribution in [0.2, 0.25) is 0 Å². The molecule has 1 atom stereocenters. The molecular weight excluding hydrogens is 226 g/mol. The lowest BCUT2D eigenvalue weighted by Crippen LogP contribution is -2.38. The van der Waals surface area contributed by atoms with Crippen molar-refractivity contribution >= 4 is 5.82 Å². The summed E-state index contributed by atoms with van der Waals surface area (Å²) in [5.74, 6) is 0.866. The Morgan fingerprint density at radius 3 is 2.72 bits per heavy atom. The Hall–Kier alpha value is -1.13. The summed E-state index contributed by atoms with van der Waals surface area (Å²) in [7, 11) is 0. The van der Waals surface area contributed by atoms with Crippen LogP contribution in [0.5, 0.6) is 0 Å². The van der Waals surface area contributed by atoms with E-state index >= 15 is 0 Å². The number of nitrogens with one attached hydrogen (secondary N) is 2. The third kappa shape index (κ3) is 4.27. The van der Waals surface area contributed by atoms with Crippen molar-refractivity contribution in [3.63, 3.8) is 0 Å². The topological polar surface area (TPSA) is 57.2 Å². The average Bonchev–Trinajstić information content (AvgIpc) is 3.09. The van der Waals surface area contributed by atoms with Gasteiger partial charge in [-0.1, -0.05) is 6.07 Å². The van der Waals surface area contributed by atoms with Crippen molar-refractivity contribution in [2.24, 2.45) is 0 Å². The number of rotatable bonds is 5. The van der Waals surface area contributed by atoms with E-state index in [4.69, 9.17) is 0 Å². The minimum absolute atomic E-state index is 0.00481. The second kappa shape index (κ2) is 5.24. The highest BCUT2D eigenvalue weighted by Crippen LogP contribution is 2.24. The number of β-amino-alcohol motifs (C(OH)–C–C–N with tert-alkyl or cyclic N) is 1. The van der Waals surface area contributed by atoms with Gasteiger partial charge in [0.2, 0.25) is 0 Å². The first kappa shape index (κ1) is 13.3. The Labute approximate surface area is 109 Å². The van der Waals surface area contributed by atoms with Crippen LogP contribution in [-0.4, -0.2) is 28.2 Å². The molecule has 0 bridgehead atoms. The predicted molar refractivity (Wildman–Crippen MR) is 73.6 cm³/mol.